The minimum atomic E-state index is -1.85. The molecule has 360 valence electrons. The summed E-state index contributed by atoms with van der Waals surface area (Å²) in [6.45, 7) is 9.99. The zero-order valence-electron chi connectivity index (χ0n) is 37.0. The van der Waals surface area contributed by atoms with Crippen LogP contribution in [0.1, 0.15) is 86.0 Å². The lowest BCUT2D eigenvalue weighted by molar-refractivity contribution is -0.382. The Morgan fingerprint density at radius 3 is 1.97 bits per heavy atom. The van der Waals surface area contributed by atoms with E-state index >= 15 is 0 Å². The molecule has 5 saturated heterocycles. The molecule has 18 heteroatoms. The number of allylic oxidation sites excluding steroid dienone is 1. The van der Waals surface area contributed by atoms with Gasteiger partial charge in [-0.15, -0.1) is 0 Å². The summed E-state index contributed by atoms with van der Waals surface area (Å²) in [7, 11) is 0. The summed E-state index contributed by atoms with van der Waals surface area (Å²) in [4.78, 5) is 0. The van der Waals surface area contributed by atoms with E-state index in [1.54, 1.807) is 0 Å². The summed E-state index contributed by atoms with van der Waals surface area (Å²) in [6.07, 6.45) is -16.2. The van der Waals surface area contributed by atoms with Gasteiger partial charge in [0.15, 0.2) is 24.7 Å². The van der Waals surface area contributed by atoms with E-state index in [2.05, 4.69) is 33.8 Å². The molecule has 0 radical (unpaired) electrons. The molecule has 5 aliphatic heterocycles. The van der Waals surface area contributed by atoms with Gasteiger partial charge in [0.05, 0.1) is 44.2 Å². The van der Waals surface area contributed by atoms with E-state index in [0.717, 1.165) is 50.7 Å². The fourth-order valence-corrected chi connectivity index (χ4v) is 14.1. The maximum atomic E-state index is 12.0. The van der Waals surface area contributed by atoms with Crippen LogP contribution in [0.5, 0.6) is 0 Å². The van der Waals surface area contributed by atoms with E-state index in [1.165, 1.54) is 6.92 Å². The predicted octanol–water partition coefficient (Wildman–Crippen LogP) is -0.815. The highest BCUT2D eigenvalue weighted by molar-refractivity contribution is 5.29. The largest absolute Gasteiger partial charge is 0.394 e. The predicted molar refractivity (Wildman–Crippen MR) is 216 cm³/mol. The van der Waals surface area contributed by atoms with Gasteiger partial charge in [0, 0.05) is 24.2 Å². The van der Waals surface area contributed by atoms with Crippen LogP contribution in [0.2, 0.25) is 0 Å². The minimum Gasteiger partial charge on any atom is -0.394 e. The van der Waals surface area contributed by atoms with Gasteiger partial charge in [-0.1, -0.05) is 39.3 Å². The van der Waals surface area contributed by atoms with E-state index in [1.807, 2.05) is 0 Å². The highest BCUT2D eigenvalue weighted by atomic mass is 16.8. The zero-order chi connectivity index (χ0) is 45.1. The van der Waals surface area contributed by atoms with Gasteiger partial charge < -0.3 is 89.0 Å². The Balaban J connectivity index is 0.922. The lowest BCUT2D eigenvalue weighted by Gasteiger charge is -2.60. The molecule has 4 aliphatic carbocycles. The molecule has 0 amide bonds. The van der Waals surface area contributed by atoms with Gasteiger partial charge in [0.1, 0.15) is 67.1 Å². The highest BCUT2D eigenvalue weighted by Crippen LogP contribution is 2.71. The number of hydrogen-bond donors (Lipinski definition) is 10. The third-order valence-electron chi connectivity index (χ3n) is 17.7. The Morgan fingerprint density at radius 2 is 1.32 bits per heavy atom. The smallest absolute Gasteiger partial charge is 0.187 e. The van der Waals surface area contributed by atoms with E-state index in [0.29, 0.717) is 30.1 Å². The van der Waals surface area contributed by atoms with Crippen LogP contribution in [0.3, 0.4) is 0 Å². The summed E-state index contributed by atoms with van der Waals surface area (Å²) >= 11 is 0. The summed E-state index contributed by atoms with van der Waals surface area (Å²) in [5.41, 5.74) is 0.616. The maximum absolute atomic E-state index is 12.0. The molecule has 10 N–H and O–H groups in total. The van der Waals surface area contributed by atoms with Crippen LogP contribution < -0.4 is 0 Å². The quantitative estimate of drug-likeness (QED) is 0.133. The van der Waals surface area contributed by atoms with Gasteiger partial charge in [-0.3, -0.25) is 0 Å². The summed E-state index contributed by atoms with van der Waals surface area (Å²) in [6, 6.07) is 0. The Hall–Kier alpha value is -0.980. The van der Waals surface area contributed by atoms with Crippen LogP contribution in [-0.4, -0.2) is 187 Å². The Morgan fingerprint density at radius 1 is 0.683 bits per heavy atom. The van der Waals surface area contributed by atoms with Gasteiger partial charge in [-0.05, 0) is 80.5 Å². The first-order valence-electron chi connectivity index (χ1n) is 23.5. The second-order valence-corrected chi connectivity index (χ2v) is 21.2. The first-order chi connectivity index (χ1) is 29.9. The van der Waals surface area contributed by atoms with Crippen molar-refractivity contribution in [2.24, 2.45) is 46.3 Å². The number of aliphatic hydroxyl groups excluding tert-OH is 10. The normalized spacial score (nSPS) is 58.1. The molecular formula is C45H72O18. The van der Waals surface area contributed by atoms with Crippen molar-refractivity contribution < 1.29 is 89.0 Å². The van der Waals surface area contributed by atoms with E-state index in [9.17, 15) is 51.1 Å². The van der Waals surface area contributed by atoms with E-state index in [4.69, 9.17) is 37.9 Å². The lowest BCUT2D eigenvalue weighted by atomic mass is 9.46. The van der Waals surface area contributed by atoms with Crippen molar-refractivity contribution in [2.45, 2.75) is 202 Å². The van der Waals surface area contributed by atoms with Crippen molar-refractivity contribution in [2.75, 3.05) is 19.8 Å². The van der Waals surface area contributed by atoms with E-state index in [-0.39, 0.29) is 29.8 Å². The fourth-order valence-electron chi connectivity index (χ4n) is 14.1. The minimum absolute atomic E-state index is 0.0588. The third kappa shape index (κ3) is 7.62. The summed E-state index contributed by atoms with van der Waals surface area (Å²) in [5.74, 6) is 1.58. The van der Waals surface area contributed by atoms with Crippen molar-refractivity contribution in [1.29, 1.82) is 0 Å². The van der Waals surface area contributed by atoms with Crippen molar-refractivity contribution in [3.05, 3.63) is 11.6 Å². The third-order valence-corrected chi connectivity index (χ3v) is 17.7. The monoisotopic (exact) mass is 900 g/mol. The van der Waals surface area contributed by atoms with Gasteiger partial charge in [0.2, 0.25) is 0 Å². The molecular weight excluding hydrogens is 828 g/mol. The summed E-state index contributed by atoms with van der Waals surface area (Å²) in [5, 5.41) is 108. The van der Waals surface area contributed by atoms with Crippen LogP contribution in [-0.2, 0) is 37.9 Å². The number of aliphatic hydroxyl groups is 10. The first-order valence-corrected chi connectivity index (χ1v) is 23.5. The average molecular weight is 901 g/mol. The van der Waals surface area contributed by atoms with Crippen LogP contribution in [0.4, 0.5) is 0 Å². The average Bonchev–Trinajstić information content (AvgIpc) is 3.70. The second-order valence-electron chi connectivity index (χ2n) is 21.2. The molecule has 0 aromatic heterocycles. The number of ether oxygens (including phenoxy) is 8. The second kappa shape index (κ2) is 17.5. The molecule has 0 bridgehead atoms. The molecule has 18 nitrogen and oxygen atoms in total. The molecule has 5 heterocycles. The highest BCUT2D eigenvalue weighted by Gasteiger charge is 2.69. The number of hydrogen-bond acceptors (Lipinski definition) is 18. The molecule has 9 rings (SSSR count). The van der Waals surface area contributed by atoms with Crippen LogP contribution in [0.15, 0.2) is 11.6 Å². The van der Waals surface area contributed by atoms with Gasteiger partial charge >= 0.3 is 0 Å². The zero-order valence-corrected chi connectivity index (χ0v) is 37.0. The summed E-state index contributed by atoms with van der Waals surface area (Å²) < 4.78 is 49.5. The van der Waals surface area contributed by atoms with Crippen LogP contribution in [0.25, 0.3) is 0 Å². The van der Waals surface area contributed by atoms with Crippen molar-refractivity contribution >= 4 is 0 Å². The molecule has 0 aromatic carbocycles. The van der Waals surface area contributed by atoms with Crippen molar-refractivity contribution in [1.82, 2.24) is 0 Å². The standard InChI is InChI=1S/C45H72O18/c1-18-8-11-45(56-17-18)19(2)30-26(63-45)14-25-23-7-6-21-12-22(48)13-29(44(21,5)24(23)9-10-43(25,30)4)60-42-37(55)39(33(51)28(16-47)59-42)62-41-36(54)38(31(49)20(3)57-41)61-40-35(53)34(52)32(50)27(15-46)58-40/h6,18-20,22-42,46-55H,7-17H2,1-5H3. The molecule has 63 heavy (non-hydrogen) atoms. The molecule has 0 aromatic rings. The first kappa shape index (κ1) is 47.1. The maximum Gasteiger partial charge on any atom is 0.187 e. The lowest BCUT2D eigenvalue weighted by Crippen LogP contribution is -2.66. The Labute approximate surface area is 368 Å². The molecule has 1 spiro atoms. The fraction of sp³-hybridized carbons (Fsp3) is 0.956. The van der Waals surface area contributed by atoms with Crippen LogP contribution >= 0.6 is 0 Å². The van der Waals surface area contributed by atoms with Gasteiger partial charge in [-0.2, -0.15) is 0 Å². The number of rotatable bonds is 8. The Bertz CT molecular complexity index is 1640. The molecule has 27 atom stereocenters. The van der Waals surface area contributed by atoms with Gasteiger partial charge in [-0.25, -0.2) is 0 Å². The molecule has 9 aliphatic rings. The SMILES string of the molecule is CC1CCC2(OC1)OC1CC3C4CC=C5CC(O)CC(OC6OC(CO)C(O)C(OC7OC(C)C(O)C(OC8OC(CO)C(O)C(O)C8O)C7O)C6O)C5(C)C4CCC3(C)C1C2C. The van der Waals surface area contributed by atoms with Crippen LogP contribution in [0, 0.1) is 46.3 Å². The Kier molecular flexibility index (Phi) is 13.1. The molecule has 3 saturated carbocycles. The molecule has 8 fully saturated rings. The van der Waals surface area contributed by atoms with E-state index < -0.39 is 129 Å². The van der Waals surface area contributed by atoms with Crippen molar-refractivity contribution in [3.63, 3.8) is 0 Å². The van der Waals surface area contributed by atoms with Gasteiger partial charge in [0.25, 0.3) is 0 Å². The number of fused-ring (bicyclic) bond motifs is 7. The topological polar surface area (TPSA) is 276 Å². The molecule has 27 unspecified atom stereocenters. The van der Waals surface area contributed by atoms with Crippen molar-refractivity contribution in [3.8, 4) is 0 Å².